The first kappa shape index (κ1) is 24.7. The second-order valence-corrected chi connectivity index (χ2v) is 8.54. The third kappa shape index (κ3) is 6.20. The van der Waals surface area contributed by atoms with Gasteiger partial charge < -0.3 is 16.0 Å². The Hall–Kier alpha value is -3.37. The van der Waals surface area contributed by atoms with Gasteiger partial charge in [-0.1, -0.05) is 48.0 Å². The number of alkyl halides is 3. The summed E-state index contributed by atoms with van der Waals surface area (Å²) in [5.74, 6) is 0.175. The van der Waals surface area contributed by atoms with Crippen molar-refractivity contribution in [2.45, 2.75) is 18.6 Å². The third-order valence-electron chi connectivity index (χ3n) is 5.67. The first-order valence-corrected chi connectivity index (χ1v) is 11.4. The molecule has 0 saturated carbocycles. The Kier molecular flexibility index (Phi) is 7.42. The minimum absolute atomic E-state index is 0.130. The summed E-state index contributed by atoms with van der Waals surface area (Å²) in [6, 6.07) is 14.0. The van der Waals surface area contributed by atoms with Crippen molar-refractivity contribution < 1.29 is 18.0 Å². The lowest BCUT2D eigenvalue weighted by Crippen LogP contribution is -2.38. The summed E-state index contributed by atoms with van der Waals surface area (Å²) >= 11 is 6.31. The number of carbonyl (C=O) groups is 1. The molecule has 184 valence electrons. The maximum atomic E-state index is 13.1. The smallest absolute Gasteiger partial charge is 0.355 e. The number of benzene rings is 2. The molecule has 0 fully saturated rings. The summed E-state index contributed by atoms with van der Waals surface area (Å²) in [5.41, 5.74) is 2.77. The van der Waals surface area contributed by atoms with Gasteiger partial charge in [-0.05, 0) is 29.7 Å². The molecular formula is C24H24ClF3N6O. The van der Waals surface area contributed by atoms with Crippen LogP contribution in [0.15, 0.2) is 54.7 Å². The van der Waals surface area contributed by atoms with Gasteiger partial charge in [-0.15, -0.1) is 0 Å². The van der Waals surface area contributed by atoms with Crippen molar-refractivity contribution >= 4 is 35.0 Å². The predicted octanol–water partition coefficient (Wildman–Crippen LogP) is 4.81. The zero-order valence-electron chi connectivity index (χ0n) is 18.9. The van der Waals surface area contributed by atoms with Crippen LogP contribution in [0.3, 0.4) is 0 Å². The van der Waals surface area contributed by atoms with Crippen LogP contribution in [0.4, 0.5) is 30.6 Å². The Balaban J connectivity index is 1.61. The van der Waals surface area contributed by atoms with Crippen LogP contribution in [0.25, 0.3) is 0 Å². The van der Waals surface area contributed by atoms with E-state index in [2.05, 4.69) is 25.9 Å². The molecule has 4 rings (SSSR count). The van der Waals surface area contributed by atoms with Gasteiger partial charge >= 0.3 is 6.18 Å². The lowest BCUT2D eigenvalue weighted by molar-refractivity contribution is -0.146. The lowest BCUT2D eigenvalue weighted by Gasteiger charge is -2.26. The van der Waals surface area contributed by atoms with Gasteiger partial charge in [0.1, 0.15) is 5.02 Å². The average Bonchev–Trinajstić information content (AvgIpc) is 2.99. The summed E-state index contributed by atoms with van der Waals surface area (Å²) in [4.78, 5) is 22.3. The van der Waals surface area contributed by atoms with Crippen molar-refractivity contribution in [1.29, 1.82) is 0 Å². The SMILES string of the molecule is CNC(=O)c1ccccc1Nc1nc(NC2CN(CC(F)(F)F)CCc3ccccc32)ncc1Cl. The fourth-order valence-electron chi connectivity index (χ4n) is 4.08. The van der Waals surface area contributed by atoms with Crippen LogP contribution < -0.4 is 16.0 Å². The summed E-state index contributed by atoms with van der Waals surface area (Å²) in [7, 11) is 1.53. The molecule has 7 nitrogen and oxygen atoms in total. The highest BCUT2D eigenvalue weighted by atomic mass is 35.5. The van der Waals surface area contributed by atoms with Gasteiger partial charge in [0.2, 0.25) is 5.95 Å². The number of para-hydroxylation sites is 1. The van der Waals surface area contributed by atoms with E-state index in [0.717, 1.165) is 11.1 Å². The molecule has 1 aromatic heterocycles. The largest absolute Gasteiger partial charge is 0.401 e. The van der Waals surface area contributed by atoms with Crippen LogP contribution in [0.2, 0.25) is 5.02 Å². The van der Waals surface area contributed by atoms with E-state index >= 15 is 0 Å². The molecule has 2 heterocycles. The highest BCUT2D eigenvalue weighted by molar-refractivity contribution is 6.33. The molecule has 0 aliphatic carbocycles. The molecule has 3 aromatic rings. The molecule has 1 unspecified atom stereocenters. The Labute approximate surface area is 205 Å². The Morgan fingerprint density at radius 2 is 1.91 bits per heavy atom. The van der Waals surface area contributed by atoms with Crippen LogP contribution in [0.5, 0.6) is 0 Å². The van der Waals surface area contributed by atoms with Crippen LogP contribution in [0.1, 0.15) is 27.5 Å². The van der Waals surface area contributed by atoms with E-state index in [1.165, 1.54) is 18.1 Å². The molecule has 35 heavy (non-hydrogen) atoms. The molecule has 1 aliphatic heterocycles. The molecule has 1 atom stereocenters. The molecule has 1 aliphatic rings. The predicted molar refractivity (Wildman–Crippen MR) is 129 cm³/mol. The third-order valence-corrected chi connectivity index (χ3v) is 5.95. The van der Waals surface area contributed by atoms with Crippen LogP contribution in [-0.4, -0.2) is 53.6 Å². The van der Waals surface area contributed by atoms with E-state index in [1.807, 2.05) is 24.3 Å². The van der Waals surface area contributed by atoms with Crippen molar-refractivity contribution in [2.24, 2.45) is 0 Å². The summed E-state index contributed by atoms with van der Waals surface area (Å²) in [6.45, 7) is -0.576. The molecular weight excluding hydrogens is 481 g/mol. The quantitative estimate of drug-likeness (QED) is 0.447. The van der Waals surface area contributed by atoms with Gasteiger partial charge in [0, 0.05) is 20.1 Å². The number of carbonyl (C=O) groups excluding carboxylic acids is 1. The second-order valence-electron chi connectivity index (χ2n) is 8.14. The van der Waals surface area contributed by atoms with E-state index in [9.17, 15) is 18.0 Å². The van der Waals surface area contributed by atoms with Crippen molar-refractivity contribution in [1.82, 2.24) is 20.2 Å². The number of nitrogens with zero attached hydrogens (tertiary/aromatic N) is 3. The molecule has 11 heteroatoms. The Morgan fingerprint density at radius 1 is 1.17 bits per heavy atom. The van der Waals surface area contributed by atoms with Gasteiger partial charge in [-0.25, -0.2) is 4.98 Å². The molecule has 3 N–H and O–H groups in total. The normalized spacial score (nSPS) is 16.2. The number of hydrogen-bond acceptors (Lipinski definition) is 6. The first-order valence-electron chi connectivity index (χ1n) is 11.0. The highest BCUT2D eigenvalue weighted by Crippen LogP contribution is 2.30. The molecule has 0 radical (unpaired) electrons. The number of rotatable bonds is 6. The minimum Gasteiger partial charge on any atom is -0.355 e. The monoisotopic (exact) mass is 504 g/mol. The average molecular weight is 505 g/mol. The van der Waals surface area contributed by atoms with E-state index in [-0.39, 0.29) is 29.2 Å². The zero-order chi connectivity index (χ0) is 25.0. The Morgan fingerprint density at radius 3 is 2.69 bits per heavy atom. The molecule has 0 saturated heterocycles. The van der Waals surface area contributed by atoms with Gasteiger partial charge in [-0.2, -0.15) is 18.2 Å². The molecule has 0 spiro atoms. The van der Waals surface area contributed by atoms with E-state index < -0.39 is 18.8 Å². The van der Waals surface area contributed by atoms with Crippen LogP contribution in [0, 0.1) is 0 Å². The summed E-state index contributed by atoms with van der Waals surface area (Å²) in [5, 5.41) is 9.05. The fourth-order valence-corrected chi connectivity index (χ4v) is 4.22. The number of halogens is 4. The lowest BCUT2D eigenvalue weighted by atomic mass is 10.00. The van der Waals surface area contributed by atoms with Crippen molar-refractivity contribution in [2.75, 3.05) is 37.3 Å². The van der Waals surface area contributed by atoms with Gasteiger partial charge in [0.15, 0.2) is 5.82 Å². The topological polar surface area (TPSA) is 82.2 Å². The van der Waals surface area contributed by atoms with Gasteiger partial charge in [0.25, 0.3) is 5.91 Å². The number of fused-ring (bicyclic) bond motifs is 1. The van der Waals surface area contributed by atoms with E-state index in [4.69, 9.17) is 11.6 Å². The van der Waals surface area contributed by atoms with Crippen molar-refractivity contribution in [3.63, 3.8) is 0 Å². The maximum Gasteiger partial charge on any atom is 0.401 e. The minimum atomic E-state index is -4.30. The number of nitrogens with one attached hydrogen (secondary N) is 3. The highest BCUT2D eigenvalue weighted by Gasteiger charge is 2.33. The number of amides is 1. The number of anilines is 3. The van der Waals surface area contributed by atoms with Gasteiger partial charge in [0.05, 0.1) is 30.0 Å². The number of aromatic nitrogens is 2. The summed E-state index contributed by atoms with van der Waals surface area (Å²) < 4.78 is 39.4. The maximum absolute atomic E-state index is 13.1. The Bertz CT molecular complexity index is 1210. The standard InChI is InChI=1S/C24H24ClF3N6O/c1-29-22(35)17-8-4-5-9-19(17)31-21-18(25)12-30-23(33-21)32-20-13-34(14-24(26,27)28)11-10-15-6-2-3-7-16(15)20/h2-9,12,20H,10-11,13-14H2,1H3,(H,29,35)(H2,30,31,32,33). The van der Waals surface area contributed by atoms with E-state index in [0.29, 0.717) is 24.2 Å². The van der Waals surface area contributed by atoms with Crippen LogP contribution >= 0.6 is 11.6 Å². The van der Waals surface area contributed by atoms with Gasteiger partial charge in [-0.3, -0.25) is 9.69 Å². The second kappa shape index (κ2) is 10.5. The molecule has 0 bridgehead atoms. The van der Waals surface area contributed by atoms with Crippen LogP contribution in [-0.2, 0) is 6.42 Å². The zero-order valence-corrected chi connectivity index (χ0v) is 19.6. The van der Waals surface area contributed by atoms with E-state index in [1.54, 1.807) is 24.3 Å². The first-order chi connectivity index (χ1) is 16.7. The molecule has 2 aromatic carbocycles. The van der Waals surface area contributed by atoms with Crippen molar-refractivity contribution in [3.8, 4) is 0 Å². The number of hydrogen-bond donors (Lipinski definition) is 3. The molecule has 1 amide bonds. The fraction of sp³-hybridized carbons (Fsp3) is 0.292. The van der Waals surface area contributed by atoms with Crippen molar-refractivity contribution in [3.05, 3.63) is 76.4 Å². The summed E-state index contributed by atoms with van der Waals surface area (Å²) in [6.07, 6.45) is -2.39.